The second kappa shape index (κ2) is 4.95. The number of benzene rings is 1. The van der Waals surface area contributed by atoms with Crippen LogP contribution >= 0.6 is 0 Å². The molecule has 3 nitrogen and oxygen atoms in total. The molecular weight excluding hydrogens is 198 g/mol. The summed E-state index contributed by atoms with van der Waals surface area (Å²) in [5.41, 5.74) is 14.4. The minimum Gasteiger partial charge on any atom is -0.326 e. The maximum atomic E-state index is 6.32. The number of hydrogen-bond acceptors (Lipinski definition) is 3. The van der Waals surface area contributed by atoms with Gasteiger partial charge in [-0.25, -0.2) is 0 Å². The average Bonchev–Trinajstić information content (AvgIpc) is 2.75. The fourth-order valence-corrected chi connectivity index (χ4v) is 2.46. The summed E-state index contributed by atoms with van der Waals surface area (Å²) >= 11 is 0. The summed E-state index contributed by atoms with van der Waals surface area (Å²) in [5, 5.41) is 0. The first-order valence-corrected chi connectivity index (χ1v) is 5.93. The Labute approximate surface area is 97.4 Å². The molecule has 1 fully saturated rings. The van der Waals surface area contributed by atoms with Crippen LogP contribution in [-0.4, -0.2) is 25.0 Å². The Bertz CT molecular complexity index is 351. The highest BCUT2D eigenvalue weighted by atomic mass is 15.1. The summed E-state index contributed by atoms with van der Waals surface area (Å²) in [5.74, 6) is 0.582. The van der Waals surface area contributed by atoms with E-state index in [1.54, 1.807) is 0 Å². The Morgan fingerprint density at radius 2 is 2.31 bits per heavy atom. The van der Waals surface area contributed by atoms with Crippen molar-refractivity contribution in [2.24, 2.45) is 17.4 Å². The average molecular weight is 219 g/mol. The van der Waals surface area contributed by atoms with Crippen LogP contribution in [0.5, 0.6) is 0 Å². The van der Waals surface area contributed by atoms with Crippen LogP contribution in [-0.2, 0) is 6.54 Å². The molecule has 1 aliphatic rings. The van der Waals surface area contributed by atoms with Crippen LogP contribution in [0.4, 0.5) is 0 Å². The van der Waals surface area contributed by atoms with Crippen LogP contribution < -0.4 is 11.5 Å². The predicted molar refractivity (Wildman–Crippen MR) is 66.9 cm³/mol. The van der Waals surface area contributed by atoms with Gasteiger partial charge in [-0.2, -0.15) is 0 Å². The Hall–Kier alpha value is -0.900. The van der Waals surface area contributed by atoms with Crippen LogP contribution in [0.2, 0.25) is 0 Å². The van der Waals surface area contributed by atoms with E-state index in [1.165, 1.54) is 17.5 Å². The van der Waals surface area contributed by atoms with Gasteiger partial charge < -0.3 is 16.4 Å². The quantitative estimate of drug-likeness (QED) is 0.800. The van der Waals surface area contributed by atoms with E-state index in [2.05, 4.69) is 36.2 Å². The number of nitrogens with two attached hydrogens (primary N) is 2. The molecule has 1 aliphatic heterocycles. The molecule has 0 aromatic heterocycles. The summed E-state index contributed by atoms with van der Waals surface area (Å²) in [6.07, 6.45) is 1.20. The highest BCUT2D eigenvalue weighted by Crippen LogP contribution is 2.27. The van der Waals surface area contributed by atoms with E-state index in [0.29, 0.717) is 12.5 Å². The number of hydrogen-bond donors (Lipinski definition) is 2. The molecule has 0 radical (unpaired) electrons. The third-order valence-corrected chi connectivity index (χ3v) is 3.51. The van der Waals surface area contributed by atoms with Crippen molar-refractivity contribution in [2.45, 2.75) is 19.0 Å². The van der Waals surface area contributed by atoms with Gasteiger partial charge in [0.05, 0.1) is 0 Å². The molecule has 0 bridgehead atoms. The smallest absolute Gasteiger partial charge is 0.0336 e. The third kappa shape index (κ3) is 2.43. The van der Waals surface area contributed by atoms with E-state index in [-0.39, 0.29) is 6.04 Å². The molecule has 0 saturated carbocycles. The van der Waals surface area contributed by atoms with Gasteiger partial charge in [0.1, 0.15) is 0 Å². The van der Waals surface area contributed by atoms with Gasteiger partial charge in [0, 0.05) is 19.1 Å². The van der Waals surface area contributed by atoms with Crippen LogP contribution in [0.15, 0.2) is 24.3 Å². The van der Waals surface area contributed by atoms with Gasteiger partial charge in [0.15, 0.2) is 0 Å². The van der Waals surface area contributed by atoms with Gasteiger partial charge in [-0.15, -0.1) is 0 Å². The standard InChI is InChI=1S/C13H21N3/c1-16-6-5-12(9-16)13(15)11-4-2-3-10(7-11)8-14/h2-4,7,12-13H,5-6,8-9,14-15H2,1H3. The molecule has 4 N–H and O–H groups in total. The van der Waals surface area contributed by atoms with Crippen molar-refractivity contribution in [1.29, 1.82) is 0 Å². The predicted octanol–water partition coefficient (Wildman–Crippen LogP) is 1.10. The molecule has 1 aromatic carbocycles. The fourth-order valence-electron chi connectivity index (χ4n) is 2.46. The van der Waals surface area contributed by atoms with Gasteiger partial charge in [-0.05, 0) is 37.1 Å². The highest BCUT2D eigenvalue weighted by molar-refractivity contribution is 5.26. The second-order valence-electron chi connectivity index (χ2n) is 4.79. The molecule has 2 atom stereocenters. The van der Waals surface area contributed by atoms with Crippen molar-refractivity contribution < 1.29 is 0 Å². The van der Waals surface area contributed by atoms with Crippen LogP contribution in [0.3, 0.4) is 0 Å². The van der Waals surface area contributed by atoms with Crippen molar-refractivity contribution in [3.05, 3.63) is 35.4 Å². The minimum absolute atomic E-state index is 0.149. The molecule has 2 unspecified atom stereocenters. The minimum atomic E-state index is 0.149. The molecular formula is C13H21N3. The molecule has 1 saturated heterocycles. The van der Waals surface area contributed by atoms with Crippen molar-refractivity contribution in [1.82, 2.24) is 4.90 Å². The fraction of sp³-hybridized carbons (Fsp3) is 0.538. The Morgan fingerprint density at radius 3 is 2.94 bits per heavy atom. The first kappa shape index (κ1) is 11.6. The Morgan fingerprint density at radius 1 is 1.50 bits per heavy atom. The van der Waals surface area contributed by atoms with Crippen molar-refractivity contribution in [3.8, 4) is 0 Å². The Kier molecular flexibility index (Phi) is 3.59. The molecule has 0 amide bonds. The van der Waals surface area contributed by atoms with Crippen LogP contribution in [0.1, 0.15) is 23.6 Å². The molecule has 16 heavy (non-hydrogen) atoms. The summed E-state index contributed by atoms with van der Waals surface area (Å²) in [7, 11) is 2.16. The van der Waals surface area contributed by atoms with Gasteiger partial charge in [0.2, 0.25) is 0 Å². The van der Waals surface area contributed by atoms with E-state index >= 15 is 0 Å². The van der Waals surface area contributed by atoms with Crippen molar-refractivity contribution >= 4 is 0 Å². The number of nitrogens with zero attached hydrogens (tertiary/aromatic N) is 1. The lowest BCUT2D eigenvalue weighted by Gasteiger charge is -2.20. The molecule has 1 aromatic rings. The zero-order valence-corrected chi connectivity index (χ0v) is 9.89. The number of likely N-dealkylation sites (tertiary alicyclic amines) is 1. The summed E-state index contributed by atoms with van der Waals surface area (Å²) < 4.78 is 0. The van der Waals surface area contributed by atoms with E-state index in [9.17, 15) is 0 Å². The van der Waals surface area contributed by atoms with Crippen molar-refractivity contribution in [2.75, 3.05) is 20.1 Å². The molecule has 0 spiro atoms. The van der Waals surface area contributed by atoms with Crippen LogP contribution in [0.25, 0.3) is 0 Å². The normalized spacial score (nSPS) is 23.6. The van der Waals surface area contributed by atoms with E-state index in [0.717, 1.165) is 13.1 Å². The van der Waals surface area contributed by atoms with Gasteiger partial charge in [-0.3, -0.25) is 0 Å². The van der Waals surface area contributed by atoms with Gasteiger partial charge in [0.25, 0.3) is 0 Å². The number of rotatable bonds is 3. The van der Waals surface area contributed by atoms with E-state index in [1.807, 2.05) is 0 Å². The molecule has 88 valence electrons. The van der Waals surface area contributed by atoms with Crippen LogP contribution in [0, 0.1) is 5.92 Å². The topological polar surface area (TPSA) is 55.3 Å². The lowest BCUT2D eigenvalue weighted by molar-refractivity contribution is 0.372. The van der Waals surface area contributed by atoms with E-state index in [4.69, 9.17) is 11.5 Å². The third-order valence-electron chi connectivity index (χ3n) is 3.51. The zero-order chi connectivity index (χ0) is 11.5. The maximum Gasteiger partial charge on any atom is 0.0336 e. The zero-order valence-electron chi connectivity index (χ0n) is 9.89. The Balaban J connectivity index is 2.10. The molecule has 3 heteroatoms. The highest BCUT2D eigenvalue weighted by Gasteiger charge is 2.26. The first-order chi connectivity index (χ1) is 7.70. The van der Waals surface area contributed by atoms with E-state index < -0.39 is 0 Å². The lowest BCUT2D eigenvalue weighted by Crippen LogP contribution is -2.24. The first-order valence-electron chi connectivity index (χ1n) is 5.93. The monoisotopic (exact) mass is 219 g/mol. The summed E-state index contributed by atoms with van der Waals surface area (Å²) in [6.45, 7) is 2.86. The summed E-state index contributed by atoms with van der Waals surface area (Å²) in [4.78, 5) is 2.34. The molecule has 1 heterocycles. The maximum absolute atomic E-state index is 6.32. The van der Waals surface area contributed by atoms with Crippen molar-refractivity contribution in [3.63, 3.8) is 0 Å². The molecule has 2 rings (SSSR count). The second-order valence-corrected chi connectivity index (χ2v) is 4.79. The molecule has 0 aliphatic carbocycles. The van der Waals surface area contributed by atoms with Gasteiger partial charge >= 0.3 is 0 Å². The largest absolute Gasteiger partial charge is 0.326 e. The van der Waals surface area contributed by atoms with Gasteiger partial charge in [-0.1, -0.05) is 24.3 Å². The lowest BCUT2D eigenvalue weighted by atomic mass is 9.92. The summed E-state index contributed by atoms with van der Waals surface area (Å²) in [6, 6.07) is 8.51. The SMILES string of the molecule is CN1CCC(C(N)c2cccc(CN)c2)C1.